The van der Waals surface area contributed by atoms with Crippen molar-refractivity contribution in [3.63, 3.8) is 0 Å². The topological polar surface area (TPSA) is 24.5 Å². The van der Waals surface area contributed by atoms with Crippen LogP contribution in [0.4, 0.5) is 4.39 Å². The Kier molecular flexibility index (Phi) is 5.22. The Balaban J connectivity index is 2.07. The highest BCUT2D eigenvalue weighted by molar-refractivity contribution is 5.28. The van der Waals surface area contributed by atoms with Gasteiger partial charge in [-0.15, -0.1) is 0 Å². The van der Waals surface area contributed by atoms with E-state index in [0.29, 0.717) is 18.3 Å². The molecule has 1 heterocycles. The number of hydrogen-bond donors (Lipinski definition) is 1. The van der Waals surface area contributed by atoms with E-state index in [1.165, 1.54) is 6.07 Å². The van der Waals surface area contributed by atoms with Crippen molar-refractivity contribution < 1.29 is 9.13 Å². The van der Waals surface area contributed by atoms with Gasteiger partial charge in [0, 0.05) is 30.8 Å². The van der Waals surface area contributed by atoms with Crippen molar-refractivity contribution in [3.8, 4) is 5.75 Å². The summed E-state index contributed by atoms with van der Waals surface area (Å²) in [6, 6.07) is 5.56. The molecular formula is C17H27FN2O. The van der Waals surface area contributed by atoms with Gasteiger partial charge in [0.2, 0.25) is 0 Å². The van der Waals surface area contributed by atoms with Gasteiger partial charge < -0.3 is 10.1 Å². The summed E-state index contributed by atoms with van der Waals surface area (Å²) in [7, 11) is 1.56. The zero-order chi connectivity index (χ0) is 15.5. The van der Waals surface area contributed by atoms with Crippen LogP contribution < -0.4 is 10.1 Å². The van der Waals surface area contributed by atoms with Crippen molar-refractivity contribution in [1.29, 1.82) is 0 Å². The number of halogens is 1. The molecule has 0 spiro atoms. The first-order valence-corrected chi connectivity index (χ1v) is 7.68. The molecule has 0 aliphatic carbocycles. The van der Waals surface area contributed by atoms with Crippen molar-refractivity contribution in [2.75, 3.05) is 26.7 Å². The molecule has 118 valence electrons. The van der Waals surface area contributed by atoms with E-state index in [1.807, 2.05) is 12.1 Å². The van der Waals surface area contributed by atoms with Crippen LogP contribution in [0.1, 0.15) is 32.8 Å². The van der Waals surface area contributed by atoms with E-state index < -0.39 is 0 Å². The van der Waals surface area contributed by atoms with Crippen LogP contribution in [0.2, 0.25) is 0 Å². The molecule has 1 unspecified atom stereocenters. The molecule has 1 fully saturated rings. The number of methoxy groups -OCH3 is 1. The van der Waals surface area contributed by atoms with Gasteiger partial charge in [-0.3, -0.25) is 4.90 Å². The Labute approximate surface area is 127 Å². The fraction of sp³-hybridized carbons (Fsp3) is 0.647. The first-order chi connectivity index (χ1) is 9.90. The molecule has 0 amide bonds. The molecule has 1 aliphatic heterocycles. The zero-order valence-corrected chi connectivity index (χ0v) is 13.6. The molecule has 1 N–H and O–H groups in total. The van der Waals surface area contributed by atoms with E-state index in [4.69, 9.17) is 4.74 Å². The first-order valence-electron chi connectivity index (χ1n) is 7.68. The molecule has 4 heteroatoms. The molecule has 1 atom stereocenters. The van der Waals surface area contributed by atoms with Crippen molar-refractivity contribution in [1.82, 2.24) is 10.2 Å². The quantitative estimate of drug-likeness (QED) is 0.927. The molecule has 21 heavy (non-hydrogen) atoms. The van der Waals surface area contributed by atoms with Gasteiger partial charge in [-0.05, 0) is 31.0 Å². The normalized spacial score (nSPS) is 21.1. The highest BCUT2D eigenvalue weighted by atomic mass is 19.1. The third-order valence-corrected chi connectivity index (χ3v) is 4.18. The van der Waals surface area contributed by atoms with Crippen molar-refractivity contribution in [3.05, 3.63) is 29.6 Å². The minimum Gasteiger partial charge on any atom is -0.497 e. The Morgan fingerprint density at radius 2 is 2.14 bits per heavy atom. The van der Waals surface area contributed by atoms with Gasteiger partial charge in [0.15, 0.2) is 0 Å². The van der Waals surface area contributed by atoms with Crippen LogP contribution in [0.3, 0.4) is 0 Å². The van der Waals surface area contributed by atoms with Crippen LogP contribution in [0, 0.1) is 11.2 Å². The SMILES string of the molecule is COc1ccc(CN2CCCNC(C(C)(C)C)C2)c(F)c1. The maximum absolute atomic E-state index is 14.1. The van der Waals surface area contributed by atoms with Crippen molar-refractivity contribution in [2.45, 2.75) is 39.8 Å². The number of nitrogens with one attached hydrogen (secondary N) is 1. The van der Waals surface area contributed by atoms with Gasteiger partial charge in [0.25, 0.3) is 0 Å². The Bertz CT molecular complexity index is 470. The van der Waals surface area contributed by atoms with Crippen LogP contribution in [0.5, 0.6) is 5.75 Å². The molecule has 0 radical (unpaired) electrons. The molecule has 3 nitrogen and oxygen atoms in total. The maximum atomic E-state index is 14.1. The van der Waals surface area contributed by atoms with E-state index in [-0.39, 0.29) is 11.2 Å². The molecule has 1 saturated heterocycles. The van der Waals surface area contributed by atoms with E-state index in [9.17, 15) is 4.39 Å². The fourth-order valence-electron chi connectivity index (χ4n) is 2.74. The molecular weight excluding hydrogens is 267 g/mol. The number of nitrogens with zero attached hydrogens (tertiary/aromatic N) is 1. The third-order valence-electron chi connectivity index (χ3n) is 4.18. The molecule has 0 saturated carbocycles. The summed E-state index contributed by atoms with van der Waals surface area (Å²) in [5, 5.41) is 3.61. The number of hydrogen-bond acceptors (Lipinski definition) is 3. The van der Waals surface area contributed by atoms with E-state index in [2.05, 4.69) is 31.0 Å². The Morgan fingerprint density at radius 1 is 1.38 bits per heavy atom. The van der Waals surface area contributed by atoms with Crippen LogP contribution in [-0.4, -0.2) is 37.7 Å². The standard InChI is InChI=1S/C17H27FN2O/c1-17(2,3)16-12-20(9-5-8-19-16)11-13-6-7-14(21-4)10-15(13)18/h6-7,10,16,19H,5,8-9,11-12H2,1-4H3. The van der Waals surface area contributed by atoms with Gasteiger partial charge in [-0.25, -0.2) is 4.39 Å². The summed E-state index contributed by atoms with van der Waals surface area (Å²) < 4.78 is 19.2. The predicted molar refractivity (Wildman–Crippen MR) is 84.1 cm³/mol. The van der Waals surface area contributed by atoms with E-state index >= 15 is 0 Å². The lowest BCUT2D eigenvalue weighted by Crippen LogP contribution is -2.46. The monoisotopic (exact) mass is 294 g/mol. The molecule has 0 aromatic heterocycles. The van der Waals surface area contributed by atoms with Crippen LogP contribution in [-0.2, 0) is 6.54 Å². The summed E-state index contributed by atoms with van der Waals surface area (Å²) in [6.45, 7) is 10.4. The van der Waals surface area contributed by atoms with Gasteiger partial charge in [0.05, 0.1) is 7.11 Å². The lowest BCUT2D eigenvalue weighted by Gasteiger charge is -2.33. The van der Waals surface area contributed by atoms with Crippen molar-refractivity contribution in [2.24, 2.45) is 5.41 Å². The smallest absolute Gasteiger partial charge is 0.131 e. The average molecular weight is 294 g/mol. The van der Waals surface area contributed by atoms with E-state index in [0.717, 1.165) is 31.6 Å². The summed E-state index contributed by atoms with van der Waals surface area (Å²) in [4.78, 5) is 2.35. The molecule has 0 bridgehead atoms. The second-order valence-corrected chi connectivity index (χ2v) is 6.92. The second kappa shape index (κ2) is 6.75. The van der Waals surface area contributed by atoms with Crippen LogP contribution >= 0.6 is 0 Å². The summed E-state index contributed by atoms with van der Waals surface area (Å²) in [6.07, 6.45) is 1.10. The van der Waals surface area contributed by atoms with Crippen molar-refractivity contribution >= 4 is 0 Å². The van der Waals surface area contributed by atoms with Gasteiger partial charge in [-0.1, -0.05) is 26.8 Å². The molecule has 1 aromatic rings. The van der Waals surface area contributed by atoms with Gasteiger partial charge >= 0.3 is 0 Å². The predicted octanol–water partition coefficient (Wildman–Crippen LogP) is 3.04. The number of ether oxygens (including phenoxy) is 1. The van der Waals surface area contributed by atoms with E-state index in [1.54, 1.807) is 7.11 Å². The number of benzene rings is 1. The maximum Gasteiger partial charge on any atom is 0.131 e. The third kappa shape index (κ3) is 4.42. The molecule has 1 aromatic carbocycles. The fourth-order valence-corrected chi connectivity index (χ4v) is 2.74. The summed E-state index contributed by atoms with van der Waals surface area (Å²) in [5.41, 5.74) is 0.950. The van der Waals surface area contributed by atoms with Gasteiger partial charge in [0.1, 0.15) is 11.6 Å². The summed E-state index contributed by atoms with van der Waals surface area (Å²) in [5.74, 6) is 0.389. The highest BCUT2D eigenvalue weighted by Crippen LogP contribution is 2.23. The lowest BCUT2D eigenvalue weighted by molar-refractivity contribution is 0.190. The summed E-state index contributed by atoms with van der Waals surface area (Å²) >= 11 is 0. The lowest BCUT2D eigenvalue weighted by atomic mass is 9.86. The Morgan fingerprint density at radius 3 is 2.76 bits per heavy atom. The average Bonchev–Trinajstić information content (AvgIpc) is 2.66. The minimum atomic E-state index is -0.182. The highest BCUT2D eigenvalue weighted by Gasteiger charge is 2.28. The number of rotatable bonds is 3. The Hall–Kier alpha value is -1.13. The largest absolute Gasteiger partial charge is 0.497 e. The molecule has 1 aliphatic rings. The zero-order valence-electron chi connectivity index (χ0n) is 13.6. The molecule has 2 rings (SSSR count). The van der Waals surface area contributed by atoms with Crippen LogP contribution in [0.15, 0.2) is 18.2 Å². The van der Waals surface area contributed by atoms with Gasteiger partial charge in [-0.2, -0.15) is 0 Å². The minimum absolute atomic E-state index is 0.182. The first kappa shape index (κ1) is 16.2. The second-order valence-electron chi connectivity index (χ2n) is 6.92. The van der Waals surface area contributed by atoms with Crippen LogP contribution in [0.25, 0.3) is 0 Å².